The Labute approximate surface area is 355 Å². The van der Waals surface area contributed by atoms with E-state index < -0.39 is 0 Å². The maximum atomic E-state index is 7.12. The molecule has 0 amide bonds. The van der Waals surface area contributed by atoms with Crippen LogP contribution in [0.5, 0.6) is 34.5 Å². The first kappa shape index (κ1) is 35.3. The summed E-state index contributed by atoms with van der Waals surface area (Å²) < 4.78 is 21.2. The summed E-state index contributed by atoms with van der Waals surface area (Å²) in [4.78, 5) is 3.48. The van der Waals surface area contributed by atoms with Crippen molar-refractivity contribution in [3.8, 4) is 67.9 Å². The van der Waals surface area contributed by atoms with Crippen molar-refractivity contribution in [2.45, 2.75) is 43.4 Å². The number of nitrogens with zero attached hydrogens (tertiary/aromatic N) is 1. The van der Waals surface area contributed by atoms with Gasteiger partial charge in [-0.25, -0.2) is 0 Å². The normalized spacial score (nSPS) is 16.8. The molecule has 0 spiro atoms. The highest BCUT2D eigenvalue weighted by atomic mass is 32.2. The van der Waals surface area contributed by atoms with Crippen LogP contribution in [0.4, 0.5) is 17.1 Å². The molecule has 0 N–H and O–H groups in total. The van der Waals surface area contributed by atoms with Gasteiger partial charge >= 0.3 is 0 Å². The van der Waals surface area contributed by atoms with Crippen LogP contribution in [0, 0.1) is 0 Å². The molecule has 0 unspecified atom stereocenters. The number of allylic oxidation sites excluding steroid dienone is 4. The van der Waals surface area contributed by atoms with Crippen molar-refractivity contribution in [1.82, 2.24) is 0 Å². The Morgan fingerprint density at radius 2 is 1.02 bits per heavy atom. The van der Waals surface area contributed by atoms with E-state index in [9.17, 15) is 0 Å². The van der Waals surface area contributed by atoms with Crippen molar-refractivity contribution in [3.05, 3.63) is 180 Å². The van der Waals surface area contributed by atoms with Crippen molar-refractivity contribution >= 4 is 40.0 Å². The van der Waals surface area contributed by atoms with E-state index in [1.165, 1.54) is 38.3 Å². The second kappa shape index (κ2) is 12.2. The largest absolute Gasteiger partial charge is 0.453 e. The predicted octanol–water partition coefficient (Wildman–Crippen LogP) is 15.8. The monoisotopic (exact) mass is 795 g/mol. The molecule has 0 saturated carbocycles. The van der Waals surface area contributed by atoms with Crippen molar-refractivity contribution in [2.24, 2.45) is 0 Å². The molecule has 0 aromatic heterocycles. The number of hydrogen-bond acceptors (Lipinski definition) is 5. The maximum absolute atomic E-state index is 7.12. The molecule has 3 heterocycles. The van der Waals surface area contributed by atoms with E-state index >= 15 is 0 Å². The third-order valence-corrected chi connectivity index (χ3v) is 14.3. The van der Waals surface area contributed by atoms with Crippen LogP contribution < -0.4 is 19.1 Å². The van der Waals surface area contributed by atoms with Gasteiger partial charge in [0.2, 0.25) is 0 Å². The van der Waals surface area contributed by atoms with Gasteiger partial charge in [-0.05, 0) is 127 Å². The van der Waals surface area contributed by atoms with Crippen molar-refractivity contribution in [3.63, 3.8) is 0 Å². The molecule has 0 fully saturated rings. The lowest BCUT2D eigenvalue weighted by Crippen LogP contribution is -2.24. The van der Waals surface area contributed by atoms with Gasteiger partial charge in [0.1, 0.15) is 17.1 Å². The average molecular weight is 796 g/mol. The summed E-state index contributed by atoms with van der Waals surface area (Å²) in [6, 6.07) is 45.6. The zero-order valence-corrected chi connectivity index (χ0v) is 35.0. The van der Waals surface area contributed by atoms with Gasteiger partial charge in [0.05, 0.1) is 0 Å². The summed E-state index contributed by atoms with van der Waals surface area (Å²) in [7, 11) is 0. The summed E-state index contributed by atoms with van der Waals surface area (Å²) in [6.45, 7) is 18.2. The van der Waals surface area contributed by atoms with E-state index in [0.29, 0.717) is 11.5 Å². The van der Waals surface area contributed by atoms with Crippen LogP contribution in [0.25, 0.3) is 44.5 Å². The zero-order valence-electron chi connectivity index (χ0n) is 34.2. The van der Waals surface area contributed by atoms with E-state index in [0.717, 1.165) is 84.6 Å². The number of ether oxygens (including phenoxy) is 3. The molecular weight excluding hydrogens is 755 g/mol. The minimum absolute atomic E-state index is 0.131. The van der Waals surface area contributed by atoms with Gasteiger partial charge in [-0.2, -0.15) is 0 Å². The molecule has 290 valence electrons. The molecule has 5 heteroatoms. The minimum Gasteiger partial charge on any atom is -0.453 e. The van der Waals surface area contributed by atoms with Gasteiger partial charge in [-0.1, -0.05) is 132 Å². The molecule has 3 aliphatic heterocycles. The van der Waals surface area contributed by atoms with Crippen LogP contribution in [0.15, 0.2) is 157 Å². The van der Waals surface area contributed by atoms with Gasteiger partial charge in [-0.3, -0.25) is 4.90 Å². The Kier molecular flexibility index (Phi) is 7.16. The van der Waals surface area contributed by atoms with Gasteiger partial charge < -0.3 is 14.2 Å². The molecule has 7 aromatic rings. The summed E-state index contributed by atoms with van der Waals surface area (Å²) >= 11 is 1.73. The third-order valence-electron chi connectivity index (χ3n) is 13.5. The molecule has 0 saturated heterocycles. The standard InChI is InChI=1S/C55H41NO3S/c1-8-34(49-30(2)54(3,4)39-20-12-9-17-37(39)49)31-24-42-51-43(25-31)58-46-28-33(36-19-15-22-41-50(36)38-18-10-13-21-40(38)55(41,5)6)29-47-53(46)56(51)52-44(57-42)26-32(27-45(52)59-47)35-16-11-14-23-48(35)60-7/h8-29H,1-2H2,3-7H3/b49-34-. The van der Waals surface area contributed by atoms with Gasteiger partial charge in [-0.15, -0.1) is 11.8 Å². The van der Waals surface area contributed by atoms with Crippen molar-refractivity contribution < 1.29 is 14.2 Å². The SMILES string of the molecule is C=C/C(=C1\C(=C)C(C)(C)c2ccccc21)c1cc2c3c(c1)Oc1cc(-c4cccc5c4-c4ccccc4C5(C)C)cc4c1N3c1c(cc(-c3ccccc3SC)cc1O4)O2. The highest BCUT2D eigenvalue weighted by Crippen LogP contribution is 2.68. The summed E-state index contributed by atoms with van der Waals surface area (Å²) in [5.74, 6) is 4.32. The van der Waals surface area contributed by atoms with E-state index in [1.54, 1.807) is 11.8 Å². The number of thioether (sulfide) groups is 1. The molecule has 0 atom stereocenters. The topological polar surface area (TPSA) is 30.9 Å². The molecule has 60 heavy (non-hydrogen) atoms. The molecular formula is C55H41NO3S. The molecule has 0 bridgehead atoms. The van der Waals surface area contributed by atoms with Gasteiger partial charge in [0, 0.05) is 15.7 Å². The Morgan fingerprint density at radius 3 is 1.60 bits per heavy atom. The van der Waals surface area contributed by atoms with E-state index in [1.807, 2.05) is 6.08 Å². The fraction of sp³-hybridized carbons (Fsp3) is 0.127. The molecule has 0 radical (unpaired) electrons. The number of benzene rings is 7. The van der Waals surface area contributed by atoms with Crippen LogP contribution in [-0.2, 0) is 10.8 Å². The van der Waals surface area contributed by atoms with Crippen molar-refractivity contribution in [1.29, 1.82) is 0 Å². The second-order valence-corrected chi connectivity index (χ2v) is 18.2. The fourth-order valence-corrected chi connectivity index (χ4v) is 11.1. The summed E-state index contributed by atoms with van der Waals surface area (Å²) in [5.41, 5.74) is 18.3. The van der Waals surface area contributed by atoms with Crippen LogP contribution in [0.2, 0.25) is 0 Å². The molecule has 5 aliphatic rings. The number of anilines is 3. The second-order valence-electron chi connectivity index (χ2n) is 17.3. The quantitative estimate of drug-likeness (QED) is 0.162. The van der Waals surface area contributed by atoms with E-state index in [-0.39, 0.29) is 10.8 Å². The average Bonchev–Trinajstić information content (AvgIpc) is 3.62. The lowest BCUT2D eigenvalue weighted by Gasteiger charge is -2.42. The lowest BCUT2D eigenvalue weighted by molar-refractivity contribution is 0.418. The van der Waals surface area contributed by atoms with Gasteiger partial charge in [0.25, 0.3) is 0 Å². The highest BCUT2D eigenvalue weighted by Gasteiger charge is 2.44. The fourth-order valence-electron chi connectivity index (χ4n) is 10.5. The highest BCUT2D eigenvalue weighted by molar-refractivity contribution is 7.98. The predicted molar refractivity (Wildman–Crippen MR) is 247 cm³/mol. The van der Waals surface area contributed by atoms with E-state index in [2.05, 4.69) is 179 Å². The zero-order chi connectivity index (χ0) is 40.8. The number of hydrogen-bond donors (Lipinski definition) is 0. The first-order chi connectivity index (χ1) is 29.1. The lowest BCUT2D eigenvalue weighted by atomic mass is 9.82. The molecule has 12 rings (SSSR count). The molecule has 2 aliphatic carbocycles. The van der Waals surface area contributed by atoms with Crippen LogP contribution in [-0.4, -0.2) is 6.26 Å². The summed E-state index contributed by atoms with van der Waals surface area (Å²) in [6.07, 6.45) is 4.07. The first-order valence-corrected chi connectivity index (χ1v) is 21.7. The summed E-state index contributed by atoms with van der Waals surface area (Å²) in [5, 5.41) is 0. The Balaban J connectivity index is 1.11. The third kappa shape index (κ3) is 4.58. The van der Waals surface area contributed by atoms with Crippen LogP contribution >= 0.6 is 11.8 Å². The van der Waals surface area contributed by atoms with Gasteiger partial charge in [0.15, 0.2) is 34.5 Å². The maximum Gasteiger partial charge on any atom is 0.156 e. The van der Waals surface area contributed by atoms with Crippen molar-refractivity contribution in [2.75, 3.05) is 11.2 Å². The smallest absolute Gasteiger partial charge is 0.156 e. The van der Waals surface area contributed by atoms with Crippen LogP contribution in [0.3, 0.4) is 0 Å². The molecule has 4 nitrogen and oxygen atoms in total. The van der Waals surface area contributed by atoms with Crippen LogP contribution in [0.1, 0.15) is 55.5 Å². The van der Waals surface area contributed by atoms with E-state index in [4.69, 9.17) is 14.2 Å². The minimum atomic E-state index is -0.235. The number of fused-ring (bicyclic) bond motifs is 4. The Bertz CT molecular complexity index is 3170. The number of rotatable bonds is 5. The Morgan fingerprint density at radius 1 is 0.550 bits per heavy atom. The Hall–Kier alpha value is -6.69. The molecule has 7 aromatic carbocycles. The first-order valence-electron chi connectivity index (χ1n) is 20.5.